The average Bonchev–Trinajstić information content (AvgIpc) is 2.37. The van der Waals surface area contributed by atoms with Crippen LogP contribution in [0, 0.1) is 5.92 Å². The molecule has 0 aliphatic heterocycles. The van der Waals surface area contributed by atoms with Gasteiger partial charge in [0, 0.05) is 11.4 Å². The largest absolute Gasteiger partial charge is 0.323 e. The minimum Gasteiger partial charge on any atom is -0.323 e. The maximum Gasteiger partial charge on any atom is 0.0706 e. The number of nitrogens with two attached hydrogens (primary N) is 1. The van der Waals surface area contributed by atoms with E-state index in [4.69, 9.17) is 5.73 Å². The molecule has 0 radical (unpaired) electrons. The van der Waals surface area contributed by atoms with Crippen LogP contribution >= 0.6 is 0 Å². The number of fused-ring (bicyclic) bond motifs is 1. The van der Waals surface area contributed by atoms with E-state index in [0.29, 0.717) is 0 Å². The van der Waals surface area contributed by atoms with Gasteiger partial charge in [-0.05, 0) is 24.5 Å². The zero-order valence-electron chi connectivity index (χ0n) is 11.3. The average molecular weight is 242 g/mol. The van der Waals surface area contributed by atoms with Crippen LogP contribution in [0.3, 0.4) is 0 Å². The summed E-state index contributed by atoms with van der Waals surface area (Å²) in [6.45, 7) is 4.50. The van der Waals surface area contributed by atoms with Crippen molar-refractivity contribution in [3.63, 3.8) is 0 Å². The van der Waals surface area contributed by atoms with Crippen LogP contribution in [0.15, 0.2) is 36.4 Å². The Bertz CT molecular complexity index is 505. The number of aromatic nitrogens is 1. The summed E-state index contributed by atoms with van der Waals surface area (Å²) in [5, 5.41) is 1.18. The fourth-order valence-corrected chi connectivity index (χ4v) is 2.18. The summed E-state index contributed by atoms with van der Waals surface area (Å²) >= 11 is 0. The topological polar surface area (TPSA) is 38.9 Å². The molecule has 2 N–H and O–H groups in total. The molecule has 0 fully saturated rings. The predicted molar refractivity (Wildman–Crippen MR) is 77.4 cm³/mol. The fourth-order valence-electron chi connectivity index (χ4n) is 2.18. The molecule has 0 saturated heterocycles. The summed E-state index contributed by atoms with van der Waals surface area (Å²) in [6.07, 6.45) is 3.43. The predicted octanol–water partition coefficient (Wildman–Crippen LogP) is 4.06. The zero-order chi connectivity index (χ0) is 13.0. The van der Waals surface area contributed by atoms with Crippen LogP contribution in [0.1, 0.15) is 44.8 Å². The Balaban J connectivity index is 2.06. The Hall–Kier alpha value is -1.41. The highest BCUT2D eigenvalue weighted by Crippen LogP contribution is 2.20. The van der Waals surface area contributed by atoms with Gasteiger partial charge in [-0.15, -0.1) is 0 Å². The van der Waals surface area contributed by atoms with Crippen LogP contribution in [-0.4, -0.2) is 4.98 Å². The minimum atomic E-state index is 0.0633. The maximum atomic E-state index is 6.21. The number of pyridine rings is 1. The molecule has 18 heavy (non-hydrogen) atoms. The van der Waals surface area contributed by atoms with Gasteiger partial charge in [0.25, 0.3) is 0 Å². The molecule has 1 aromatic heterocycles. The summed E-state index contributed by atoms with van der Waals surface area (Å²) in [4.78, 5) is 4.65. The van der Waals surface area contributed by atoms with Gasteiger partial charge in [0.1, 0.15) is 0 Å². The van der Waals surface area contributed by atoms with Crippen LogP contribution in [0.5, 0.6) is 0 Å². The number of benzene rings is 1. The monoisotopic (exact) mass is 242 g/mol. The van der Waals surface area contributed by atoms with Gasteiger partial charge in [-0.1, -0.05) is 51.0 Å². The molecule has 2 rings (SSSR count). The first-order chi connectivity index (χ1) is 8.66. The molecule has 0 aliphatic rings. The Morgan fingerprint density at radius 3 is 2.61 bits per heavy atom. The van der Waals surface area contributed by atoms with Crippen LogP contribution < -0.4 is 5.73 Å². The standard InChI is InChI=1S/C16H22N2/c1-12(2)6-5-8-14(17)16-11-10-13-7-3-4-9-15(13)18-16/h3-4,7,9-12,14H,5-6,8,17H2,1-2H3. The minimum absolute atomic E-state index is 0.0633. The summed E-state index contributed by atoms with van der Waals surface area (Å²) in [5.74, 6) is 0.752. The van der Waals surface area contributed by atoms with E-state index < -0.39 is 0 Å². The lowest BCUT2D eigenvalue weighted by Gasteiger charge is -2.12. The molecule has 0 bridgehead atoms. The van der Waals surface area contributed by atoms with E-state index in [9.17, 15) is 0 Å². The molecular formula is C16H22N2. The lowest BCUT2D eigenvalue weighted by Crippen LogP contribution is -2.12. The van der Waals surface area contributed by atoms with Gasteiger partial charge >= 0.3 is 0 Å². The van der Waals surface area contributed by atoms with Crippen molar-refractivity contribution in [1.82, 2.24) is 4.98 Å². The SMILES string of the molecule is CC(C)CCCC(N)c1ccc2ccccc2n1. The Morgan fingerprint density at radius 1 is 1.06 bits per heavy atom. The van der Waals surface area contributed by atoms with E-state index in [-0.39, 0.29) is 6.04 Å². The maximum absolute atomic E-state index is 6.21. The Morgan fingerprint density at radius 2 is 1.83 bits per heavy atom. The molecule has 0 aliphatic carbocycles. The van der Waals surface area contributed by atoms with Crippen LogP contribution in [0.4, 0.5) is 0 Å². The number of hydrogen-bond donors (Lipinski definition) is 1. The van der Waals surface area contributed by atoms with Gasteiger partial charge in [0.2, 0.25) is 0 Å². The third-order valence-corrected chi connectivity index (χ3v) is 3.30. The second-order valence-corrected chi connectivity index (χ2v) is 5.36. The van der Waals surface area contributed by atoms with Crippen molar-refractivity contribution in [1.29, 1.82) is 0 Å². The van der Waals surface area contributed by atoms with E-state index in [1.807, 2.05) is 18.2 Å². The molecule has 0 amide bonds. The molecule has 2 heteroatoms. The van der Waals surface area contributed by atoms with Crippen molar-refractivity contribution < 1.29 is 0 Å². The highest BCUT2D eigenvalue weighted by atomic mass is 14.8. The van der Waals surface area contributed by atoms with Crippen LogP contribution in [0.2, 0.25) is 0 Å². The first-order valence-corrected chi connectivity index (χ1v) is 6.78. The van der Waals surface area contributed by atoms with Gasteiger partial charge < -0.3 is 5.73 Å². The van der Waals surface area contributed by atoms with Gasteiger partial charge in [-0.25, -0.2) is 0 Å². The second kappa shape index (κ2) is 5.96. The van der Waals surface area contributed by atoms with Gasteiger partial charge in [-0.3, -0.25) is 4.98 Å². The normalized spacial score (nSPS) is 13.1. The van der Waals surface area contributed by atoms with Crippen molar-refractivity contribution in [2.75, 3.05) is 0 Å². The summed E-state index contributed by atoms with van der Waals surface area (Å²) in [7, 11) is 0. The third-order valence-electron chi connectivity index (χ3n) is 3.30. The first-order valence-electron chi connectivity index (χ1n) is 6.78. The van der Waals surface area contributed by atoms with Crippen molar-refractivity contribution in [2.45, 2.75) is 39.2 Å². The quantitative estimate of drug-likeness (QED) is 0.858. The van der Waals surface area contributed by atoms with Crippen molar-refractivity contribution in [3.8, 4) is 0 Å². The fraction of sp³-hybridized carbons (Fsp3) is 0.438. The Kier molecular flexibility index (Phi) is 4.32. The zero-order valence-corrected chi connectivity index (χ0v) is 11.3. The molecule has 1 unspecified atom stereocenters. The van der Waals surface area contributed by atoms with Crippen molar-refractivity contribution in [2.24, 2.45) is 11.7 Å². The number of rotatable bonds is 5. The summed E-state index contributed by atoms with van der Waals surface area (Å²) < 4.78 is 0. The molecule has 1 heterocycles. The number of para-hydroxylation sites is 1. The number of nitrogens with zero attached hydrogens (tertiary/aromatic N) is 1. The van der Waals surface area contributed by atoms with Crippen molar-refractivity contribution >= 4 is 10.9 Å². The van der Waals surface area contributed by atoms with E-state index in [1.54, 1.807) is 0 Å². The van der Waals surface area contributed by atoms with E-state index in [2.05, 4.69) is 37.0 Å². The van der Waals surface area contributed by atoms with E-state index in [0.717, 1.165) is 23.5 Å². The van der Waals surface area contributed by atoms with Crippen LogP contribution in [-0.2, 0) is 0 Å². The molecule has 1 atom stereocenters. The molecule has 0 saturated carbocycles. The highest BCUT2D eigenvalue weighted by Gasteiger charge is 2.08. The molecular weight excluding hydrogens is 220 g/mol. The smallest absolute Gasteiger partial charge is 0.0706 e. The highest BCUT2D eigenvalue weighted by molar-refractivity contribution is 5.78. The molecule has 2 nitrogen and oxygen atoms in total. The number of hydrogen-bond acceptors (Lipinski definition) is 2. The Labute approximate surface area is 109 Å². The van der Waals surface area contributed by atoms with E-state index >= 15 is 0 Å². The lowest BCUT2D eigenvalue weighted by molar-refractivity contribution is 0.502. The summed E-state index contributed by atoms with van der Waals surface area (Å²) in [6, 6.07) is 12.4. The molecule has 1 aromatic carbocycles. The lowest BCUT2D eigenvalue weighted by atomic mass is 10.0. The van der Waals surface area contributed by atoms with Gasteiger partial charge in [0.05, 0.1) is 11.2 Å². The van der Waals surface area contributed by atoms with Crippen molar-refractivity contribution in [3.05, 3.63) is 42.1 Å². The third kappa shape index (κ3) is 3.30. The first kappa shape index (κ1) is 13.0. The molecule has 2 aromatic rings. The van der Waals surface area contributed by atoms with Gasteiger partial charge in [0.15, 0.2) is 0 Å². The molecule has 0 spiro atoms. The van der Waals surface area contributed by atoms with E-state index in [1.165, 1.54) is 18.2 Å². The van der Waals surface area contributed by atoms with Gasteiger partial charge in [-0.2, -0.15) is 0 Å². The van der Waals surface area contributed by atoms with Crippen LogP contribution in [0.25, 0.3) is 10.9 Å². The molecule has 96 valence electrons. The second-order valence-electron chi connectivity index (χ2n) is 5.36. The summed E-state index contributed by atoms with van der Waals surface area (Å²) in [5.41, 5.74) is 8.26.